The Morgan fingerprint density at radius 2 is 2.20 bits per heavy atom. The van der Waals surface area contributed by atoms with Crippen LogP contribution >= 0.6 is 0 Å². The van der Waals surface area contributed by atoms with Gasteiger partial charge in [0.05, 0.1) is 18.8 Å². The van der Waals surface area contributed by atoms with E-state index in [0.717, 1.165) is 38.4 Å². The smallest absolute Gasteiger partial charge is 0.320 e. The Morgan fingerprint density at radius 3 is 3.00 bits per heavy atom. The second kappa shape index (κ2) is 5.28. The molecule has 2 saturated heterocycles. The molecule has 0 aliphatic carbocycles. The molecule has 0 saturated carbocycles. The number of carbonyl (C=O) groups is 1. The molecule has 2 fully saturated rings. The summed E-state index contributed by atoms with van der Waals surface area (Å²) in [5.74, 6) is 0.650. The number of hydrogen-bond donors (Lipinski definition) is 0. The molecule has 2 aliphatic rings. The molecular weight excluding hydrogens is 256 g/mol. The lowest BCUT2D eigenvalue weighted by molar-refractivity contribution is 0.115. The van der Waals surface area contributed by atoms with E-state index in [9.17, 15) is 4.79 Å². The fourth-order valence-corrected chi connectivity index (χ4v) is 2.97. The summed E-state index contributed by atoms with van der Waals surface area (Å²) in [6.07, 6.45) is 0. The van der Waals surface area contributed by atoms with E-state index < -0.39 is 0 Å². The molecule has 108 valence electrons. The lowest BCUT2D eigenvalue weighted by Gasteiger charge is -2.36. The summed E-state index contributed by atoms with van der Waals surface area (Å²) in [5, 5.41) is 0. The van der Waals surface area contributed by atoms with Crippen molar-refractivity contribution < 1.29 is 9.53 Å². The Labute approximate surface area is 118 Å². The summed E-state index contributed by atoms with van der Waals surface area (Å²) in [4.78, 5) is 22.5. The molecule has 2 amide bonds. The molecule has 0 bridgehead atoms. The Morgan fingerprint density at radius 1 is 1.35 bits per heavy atom. The number of urea groups is 1. The molecule has 3 heterocycles. The third-order valence-corrected chi connectivity index (χ3v) is 4.00. The summed E-state index contributed by atoms with van der Waals surface area (Å²) < 4.78 is 5.15. The molecular formula is C14H20N4O2. The molecule has 0 aromatic carbocycles. The van der Waals surface area contributed by atoms with Crippen molar-refractivity contribution in [3.8, 4) is 5.88 Å². The predicted molar refractivity (Wildman–Crippen MR) is 74.6 cm³/mol. The van der Waals surface area contributed by atoms with E-state index in [1.165, 1.54) is 0 Å². The zero-order chi connectivity index (χ0) is 14.1. The lowest BCUT2D eigenvalue weighted by Crippen LogP contribution is -2.51. The first-order valence-electron chi connectivity index (χ1n) is 6.91. The van der Waals surface area contributed by atoms with Crippen LogP contribution in [-0.4, -0.2) is 72.1 Å². The average Bonchev–Trinajstić information content (AvgIpc) is 2.74. The Hall–Kier alpha value is -1.82. The van der Waals surface area contributed by atoms with Gasteiger partial charge < -0.3 is 14.5 Å². The van der Waals surface area contributed by atoms with E-state index in [1.807, 2.05) is 30.1 Å². The Kier molecular flexibility index (Phi) is 3.48. The lowest BCUT2D eigenvalue weighted by atomic mass is 10.2. The number of carbonyl (C=O) groups excluding carboxylic acids is 1. The topological polar surface area (TPSA) is 48.9 Å². The molecule has 0 spiro atoms. The molecule has 2 aliphatic heterocycles. The van der Waals surface area contributed by atoms with Gasteiger partial charge in [-0.1, -0.05) is 6.07 Å². The zero-order valence-corrected chi connectivity index (χ0v) is 12.0. The van der Waals surface area contributed by atoms with Crippen LogP contribution < -0.4 is 4.74 Å². The first kappa shape index (κ1) is 13.2. The SMILES string of the molecule is COc1cccc(CN2CCN3C(=O)N(C)C[C@H]3C2)n1. The minimum Gasteiger partial charge on any atom is -0.481 e. The van der Waals surface area contributed by atoms with Crippen LogP contribution in [0.15, 0.2) is 18.2 Å². The van der Waals surface area contributed by atoms with Crippen LogP contribution in [0.2, 0.25) is 0 Å². The van der Waals surface area contributed by atoms with Gasteiger partial charge in [-0.2, -0.15) is 0 Å². The molecule has 3 rings (SSSR count). The normalized spacial score (nSPS) is 23.1. The number of methoxy groups -OCH3 is 1. The fraction of sp³-hybridized carbons (Fsp3) is 0.571. The van der Waals surface area contributed by atoms with Gasteiger partial charge in [0.1, 0.15) is 0 Å². The minimum atomic E-state index is 0.161. The summed E-state index contributed by atoms with van der Waals surface area (Å²) in [5.41, 5.74) is 1.01. The molecule has 1 atom stereocenters. The Bertz CT molecular complexity index is 508. The van der Waals surface area contributed by atoms with Crippen molar-refractivity contribution in [2.24, 2.45) is 0 Å². The first-order chi connectivity index (χ1) is 9.67. The molecule has 20 heavy (non-hydrogen) atoms. The van der Waals surface area contributed by atoms with Crippen molar-refractivity contribution in [1.29, 1.82) is 0 Å². The monoisotopic (exact) mass is 276 g/mol. The molecule has 6 heteroatoms. The van der Waals surface area contributed by atoms with Crippen LogP contribution in [-0.2, 0) is 6.54 Å². The van der Waals surface area contributed by atoms with Crippen molar-refractivity contribution in [3.63, 3.8) is 0 Å². The summed E-state index contributed by atoms with van der Waals surface area (Å²) in [6.45, 7) is 4.24. The Balaban J connectivity index is 1.64. The molecule has 0 unspecified atom stereocenters. The van der Waals surface area contributed by atoms with Gasteiger partial charge in [0.2, 0.25) is 5.88 Å². The quantitative estimate of drug-likeness (QED) is 0.813. The third kappa shape index (κ3) is 2.43. The molecule has 1 aromatic rings. The highest BCUT2D eigenvalue weighted by atomic mass is 16.5. The average molecular weight is 276 g/mol. The van der Waals surface area contributed by atoms with Gasteiger partial charge >= 0.3 is 6.03 Å². The van der Waals surface area contributed by atoms with Crippen molar-refractivity contribution >= 4 is 6.03 Å². The number of piperazine rings is 1. The number of hydrogen-bond acceptors (Lipinski definition) is 4. The highest BCUT2D eigenvalue weighted by Crippen LogP contribution is 2.20. The van der Waals surface area contributed by atoms with Crippen molar-refractivity contribution in [1.82, 2.24) is 19.7 Å². The first-order valence-corrected chi connectivity index (χ1v) is 6.91. The van der Waals surface area contributed by atoms with E-state index in [-0.39, 0.29) is 6.03 Å². The van der Waals surface area contributed by atoms with E-state index in [4.69, 9.17) is 4.74 Å². The molecule has 6 nitrogen and oxygen atoms in total. The second-order valence-electron chi connectivity index (χ2n) is 5.42. The van der Waals surface area contributed by atoms with E-state index in [2.05, 4.69) is 9.88 Å². The third-order valence-electron chi connectivity index (χ3n) is 4.00. The maximum Gasteiger partial charge on any atom is 0.320 e. The highest BCUT2D eigenvalue weighted by molar-refractivity contribution is 5.77. The van der Waals surface area contributed by atoms with Crippen molar-refractivity contribution in [3.05, 3.63) is 23.9 Å². The van der Waals surface area contributed by atoms with Gasteiger partial charge in [0.15, 0.2) is 0 Å². The van der Waals surface area contributed by atoms with Crippen LogP contribution in [0.5, 0.6) is 5.88 Å². The van der Waals surface area contributed by atoms with Gasteiger partial charge in [-0.25, -0.2) is 9.78 Å². The largest absolute Gasteiger partial charge is 0.481 e. The van der Waals surface area contributed by atoms with Crippen LogP contribution in [0.4, 0.5) is 4.79 Å². The molecule has 1 aromatic heterocycles. The molecule has 0 N–H and O–H groups in total. The number of aromatic nitrogens is 1. The minimum absolute atomic E-state index is 0.161. The molecule has 0 radical (unpaired) electrons. The number of likely N-dealkylation sites (N-methyl/N-ethyl adjacent to an activating group) is 1. The standard InChI is InChI=1S/C14H20N4O2/c1-16-9-12-10-17(6-7-18(12)14(16)19)8-11-4-3-5-13(15-11)20-2/h3-5,12H,6-10H2,1-2H3/t12-/m0/s1. The maximum absolute atomic E-state index is 11.9. The maximum atomic E-state index is 11.9. The van der Waals surface area contributed by atoms with Crippen LogP contribution in [0.1, 0.15) is 5.69 Å². The number of fused-ring (bicyclic) bond motifs is 1. The van der Waals surface area contributed by atoms with Crippen LogP contribution in [0.25, 0.3) is 0 Å². The summed E-state index contributed by atoms with van der Waals surface area (Å²) in [6, 6.07) is 6.30. The number of rotatable bonds is 3. The summed E-state index contributed by atoms with van der Waals surface area (Å²) in [7, 11) is 3.50. The summed E-state index contributed by atoms with van der Waals surface area (Å²) >= 11 is 0. The second-order valence-corrected chi connectivity index (χ2v) is 5.42. The van der Waals surface area contributed by atoms with Crippen LogP contribution in [0, 0.1) is 0 Å². The van der Waals surface area contributed by atoms with Crippen molar-refractivity contribution in [2.45, 2.75) is 12.6 Å². The van der Waals surface area contributed by atoms with Gasteiger partial charge in [-0.3, -0.25) is 4.90 Å². The number of amides is 2. The van der Waals surface area contributed by atoms with E-state index >= 15 is 0 Å². The van der Waals surface area contributed by atoms with E-state index in [1.54, 1.807) is 12.0 Å². The zero-order valence-electron chi connectivity index (χ0n) is 12.0. The number of ether oxygens (including phenoxy) is 1. The predicted octanol–water partition coefficient (Wildman–Crippen LogP) is 0.642. The van der Waals surface area contributed by atoms with Gasteiger partial charge in [-0.15, -0.1) is 0 Å². The highest BCUT2D eigenvalue weighted by Gasteiger charge is 2.38. The van der Waals surface area contributed by atoms with Gasteiger partial charge in [0, 0.05) is 45.8 Å². The van der Waals surface area contributed by atoms with Crippen molar-refractivity contribution in [2.75, 3.05) is 40.3 Å². The van der Waals surface area contributed by atoms with Gasteiger partial charge in [0.25, 0.3) is 0 Å². The number of pyridine rings is 1. The van der Waals surface area contributed by atoms with Crippen LogP contribution in [0.3, 0.4) is 0 Å². The fourth-order valence-electron chi connectivity index (χ4n) is 2.97. The number of nitrogens with zero attached hydrogens (tertiary/aromatic N) is 4. The van der Waals surface area contributed by atoms with Gasteiger partial charge in [-0.05, 0) is 6.07 Å². The van der Waals surface area contributed by atoms with E-state index in [0.29, 0.717) is 11.9 Å².